The van der Waals surface area contributed by atoms with Gasteiger partial charge in [-0.1, -0.05) is 36.4 Å². The van der Waals surface area contributed by atoms with Gasteiger partial charge in [-0.25, -0.2) is 0 Å². The first-order valence-electron chi connectivity index (χ1n) is 5.86. The quantitative estimate of drug-likeness (QED) is 0.603. The second-order valence-electron chi connectivity index (χ2n) is 4.32. The third kappa shape index (κ3) is 1.53. The van der Waals surface area contributed by atoms with Crippen LogP contribution in [-0.2, 0) is 0 Å². The Hall–Kier alpha value is -1.80. The molecule has 0 spiro atoms. The van der Waals surface area contributed by atoms with Gasteiger partial charge in [0.25, 0.3) is 0 Å². The lowest BCUT2D eigenvalue weighted by Gasteiger charge is -2.07. The summed E-state index contributed by atoms with van der Waals surface area (Å²) in [7, 11) is 0. The molecule has 18 heavy (non-hydrogen) atoms. The van der Waals surface area contributed by atoms with Gasteiger partial charge in [-0.05, 0) is 19.1 Å². The van der Waals surface area contributed by atoms with E-state index in [1.807, 2.05) is 48.5 Å². The summed E-state index contributed by atoms with van der Waals surface area (Å²) in [4.78, 5) is 12.3. The molecule has 1 aromatic heterocycles. The van der Waals surface area contributed by atoms with Crippen LogP contribution < -0.4 is 0 Å². The molecular formula is C15H12ClNO. The molecular weight excluding hydrogens is 246 g/mol. The zero-order chi connectivity index (χ0) is 12.7. The van der Waals surface area contributed by atoms with Crippen LogP contribution in [0.5, 0.6) is 0 Å². The Kier molecular flexibility index (Phi) is 2.60. The molecule has 0 saturated carbocycles. The van der Waals surface area contributed by atoms with Crippen molar-refractivity contribution in [3.63, 3.8) is 0 Å². The minimum Gasteiger partial charge on any atom is -0.279 e. The molecule has 0 bridgehead atoms. The fourth-order valence-corrected chi connectivity index (χ4v) is 2.44. The van der Waals surface area contributed by atoms with Crippen molar-refractivity contribution < 1.29 is 4.79 Å². The summed E-state index contributed by atoms with van der Waals surface area (Å²) in [6.45, 7) is 1.70. The topological polar surface area (TPSA) is 22.0 Å². The standard InChI is InChI=1S/C15H12ClNO/c1-10(16)15(18)17-13-8-4-2-6-11(13)12-7-3-5-9-14(12)17/h2-10H,1H3/t10-/m0/s1. The van der Waals surface area contributed by atoms with Crippen molar-refractivity contribution >= 4 is 39.3 Å². The Morgan fingerprint density at radius 1 is 1.00 bits per heavy atom. The molecule has 2 aromatic carbocycles. The second-order valence-corrected chi connectivity index (χ2v) is 4.98. The van der Waals surface area contributed by atoms with E-state index in [-0.39, 0.29) is 5.91 Å². The van der Waals surface area contributed by atoms with Gasteiger partial charge in [-0.2, -0.15) is 0 Å². The van der Waals surface area contributed by atoms with Crippen LogP contribution in [-0.4, -0.2) is 15.9 Å². The van der Waals surface area contributed by atoms with Crippen LogP contribution >= 0.6 is 11.6 Å². The Bertz CT molecular complexity index is 689. The largest absolute Gasteiger partial charge is 0.279 e. The molecule has 0 amide bonds. The predicted molar refractivity (Wildman–Crippen MR) is 75.4 cm³/mol. The van der Waals surface area contributed by atoms with E-state index in [2.05, 4.69) is 0 Å². The number of para-hydroxylation sites is 2. The van der Waals surface area contributed by atoms with Crippen LogP contribution in [0.15, 0.2) is 48.5 Å². The number of alkyl halides is 1. The molecule has 2 nitrogen and oxygen atoms in total. The third-order valence-electron chi connectivity index (χ3n) is 3.14. The molecule has 0 aliphatic rings. The van der Waals surface area contributed by atoms with Gasteiger partial charge >= 0.3 is 0 Å². The fraction of sp³-hybridized carbons (Fsp3) is 0.133. The van der Waals surface area contributed by atoms with Crippen LogP contribution in [0.3, 0.4) is 0 Å². The summed E-state index contributed by atoms with van der Waals surface area (Å²) in [5.41, 5.74) is 1.83. The highest BCUT2D eigenvalue weighted by atomic mass is 35.5. The number of benzene rings is 2. The monoisotopic (exact) mass is 257 g/mol. The van der Waals surface area contributed by atoms with Gasteiger partial charge < -0.3 is 0 Å². The number of carbonyl (C=O) groups is 1. The highest BCUT2D eigenvalue weighted by Gasteiger charge is 2.18. The van der Waals surface area contributed by atoms with Crippen LogP contribution in [0.1, 0.15) is 11.7 Å². The average molecular weight is 258 g/mol. The van der Waals surface area contributed by atoms with Gasteiger partial charge in [0, 0.05) is 10.8 Å². The zero-order valence-corrected chi connectivity index (χ0v) is 10.7. The summed E-state index contributed by atoms with van der Waals surface area (Å²) < 4.78 is 1.71. The number of aromatic nitrogens is 1. The van der Waals surface area contributed by atoms with Crippen molar-refractivity contribution in [2.24, 2.45) is 0 Å². The Morgan fingerprint density at radius 2 is 1.44 bits per heavy atom. The fourth-order valence-electron chi connectivity index (χ4n) is 2.34. The number of rotatable bonds is 1. The van der Waals surface area contributed by atoms with Crippen LogP contribution in [0.25, 0.3) is 21.8 Å². The zero-order valence-electron chi connectivity index (χ0n) is 9.93. The molecule has 0 radical (unpaired) electrons. The molecule has 1 heterocycles. The summed E-state index contributed by atoms with van der Waals surface area (Å²) >= 11 is 5.95. The molecule has 3 aromatic rings. The molecule has 3 heteroatoms. The molecule has 0 aliphatic carbocycles. The minimum atomic E-state index is -0.538. The van der Waals surface area contributed by atoms with Gasteiger partial charge in [0.15, 0.2) is 0 Å². The summed E-state index contributed by atoms with van der Waals surface area (Å²) in [5, 5.41) is 1.63. The van der Waals surface area contributed by atoms with Gasteiger partial charge in [0.1, 0.15) is 5.38 Å². The number of nitrogens with zero attached hydrogens (tertiary/aromatic N) is 1. The van der Waals surface area contributed by atoms with Gasteiger partial charge in [0.2, 0.25) is 5.91 Å². The van der Waals surface area contributed by atoms with E-state index in [1.54, 1.807) is 11.5 Å². The lowest BCUT2D eigenvalue weighted by atomic mass is 10.2. The van der Waals surface area contributed by atoms with Crippen LogP contribution in [0.2, 0.25) is 0 Å². The van der Waals surface area contributed by atoms with E-state index in [0.717, 1.165) is 21.8 Å². The Morgan fingerprint density at radius 3 is 1.89 bits per heavy atom. The third-order valence-corrected chi connectivity index (χ3v) is 3.33. The number of hydrogen-bond acceptors (Lipinski definition) is 1. The van der Waals surface area contributed by atoms with Crippen molar-refractivity contribution in [1.29, 1.82) is 0 Å². The number of hydrogen-bond donors (Lipinski definition) is 0. The summed E-state index contributed by atoms with van der Waals surface area (Å²) in [6, 6.07) is 15.8. The number of carbonyl (C=O) groups excluding carboxylic acids is 1. The van der Waals surface area contributed by atoms with E-state index in [9.17, 15) is 4.79 Å². The smallest absolute Gasteiger partial charge is 0.249 e. The molecule has 3 rings (SSSR count). The summed E-state index contributed by atoms with van der Waals surface area (Å²) in [6.07, 6.45) is 0. The van der Waals surface area contributed by atoms with Crippen molar-refractivity contribution in [3.8, 4) is 0 Å². The number of fused-ring (bicyclic) bond motifs is 3. The van der Waals surface area contributed by atoms with E-state index in [4.69, 9.17) is 11.6 Å². The van der Waals surface area contributed by atoms with E-state index < -0.39 is 5.38 Å². The van der Waals surface area contributed by atoms with E-state index in [0.29, 0.717) is 0 Å². The molecule has 90 valence electrons. The normalized spacial score (nSPS) is 13.0. The van der Waals surface area contributed by atoms with Gasteiger partial charge in [-0.15, -0.1) is 11.6 Å². The highest BCUT2D eigenvalue weighted by molar-refractivity contribution is 6.32. The maximum atomic E-state index is 12.3. The molecule has 0 fully saturated rings. The first-order valence-corrected chi connectivity index (χ1v) is 6.30. The predicted octanol–water partition coefficient (Wildman–Crippen LogP) is 4.06. The molecule has 0 aliphatic heterocycles. The first-order chi connectivity index (χ1) is 8.70. The van der Waals surface area contributed by atoms with E-state index >= 15 is 0 Å². The Labute approximate surface area is 110 Å². The lowest BCUT2D eigenvalue weighted by molar-refractivity contribution is 0.0923. The van der Waals surface area contributed by atoms with Crippen LogP contribution in [0, 0.1) is 0 Å². The minimum absolute atomic E-state index is 0.0888. The number of halogens is 1. The second kappa shape index (κ2) is 4.14. The average Bonchev–Trinajstić information content (AvgIpc) is 2.72. The van der Waals surface area contributed by atoms with Crippen molar-refractivity contribution in [2.45, 2.75) is 12.3 Å². The maximum absolute atomic E-state index is 12.3. The SMILES string of the molecule is C[C@H](Cl)C(=O)n1c2ccccc2c2ccccc21. The highest BCUT2D eigenvalue weighted by Crippen LogP contribution is 2.29. The lowest BCUT2D eigenvalue weighted by Crippen LogP contribution is -2.18. The van der Waals surface area contributed by atoms with Crippen molar-refractivity contribution in [1.82, 2.24) is 4.57 Å². The van der Waals surface area contributed by atoms with Crippen molar-refractivity contribution in [3.05, 3.63) is 48.5 Å². The van der Waals surface area contributed by atoms with E-state index in [1.165, 1.54) is 0 Å². The van der Waals surface area contributed by atoms with Crippen molar-refractivity contribution in [2.75, 3.05) is 0 Å². The maximum Gasteiger partial charge on any atom is 0.249 e. The van der Waals surface area contributed by atoms with Gasteiger partial charge in [0.05, 0.1) is 11.0 Å². The van der Waals surface area contributed by atoms with Crippen LogP contribution in [0.4, 0.5) is 0 Å². The molecule has 0 saturated heterocycles. The Balaban J connectivity index is 2.49. The molecule has 0 N–H and O–H groups in total. The first kappa shape index (κ1) is 11.3. The van der Waals surface area contributed by atoms with Gasteiger partial charge in [-0.3, -0.25) is 9.36 Å². The summed E-state index contributed by atoms with van der Waals surface area (Å²) in [5.74, 6) is -0.0888. The molecule has 1 atom stereocenters. The molecule has 0 unspecified atom stereocenters.